The second-order valence-electron chi connectivity index (χ2n) is 4.07. The van der Waals surface area contributed by atoms with Gasteiger partial charge in [0, 0.05) is 18.5 Å². The molecular weight excluding hydrogens is 271 g/mol. The molecule has 1 aromatic carbocycles. The van der Waals surface area contributed by atoms with Gasteiger partial charge in [-0.25, -0.2) is 4.39 Å². The standard InChI is InChI=1S/C13H19FN2O2.ClH/c1-15-6-2-3-13(18)16-8-10-4-5-11(9-17)12(14)7-10;/h4-5,7,15,17H,2-3,6,8-9H2,1H3,(H,16,18);1H. The minimum absolute atomic E-state index is 0. The maximum absolute atomic E-state index is 13.3. The van der Waals surface area contributed by atoms with E-state index in [2.05, 4.69) is 10.6 Å². The number of rotatable bonds is 7. The lowest BCUT2D eigenvalue weighted by atomic mass is 10.1. The number of carbonyl (C=O) groups excluding carboxylic acids is 1. The Morgan fingerprint density at radius 3 is 2.74 bits per heavy atom. The smallest absolute Gasteiger partial charge is 0.220 e. The number of hydrogen-bond donors (Lipinski definition) is 3. The van der Waals surface area contributed by atoms with Crippen LogP contribution < -0.4 is 10.6 Å². The van der Waals surface area contributed by atoms with Crippen LogP contribution in [0.4, 0.5) is 4.39 Å². The number of aliphatic hydroxyl groups excluding tert-OH is 1. The van der Waals surface area contributed by atoms with Crippen molar-refractivity contribution in [3.8, 4) is 0 Å². The normalized spacial score (nSPS) is 9.84. The van der Waals surface area contributed by atoms with Crippen molar-refractivity contribution in [3.05, 3.63) is 35.1 Å². The monoisotopic (exact) mass is 290 g/mol. The molecule has 0 atom stereocenters. The fraction of sp³-hybridized carbons (Fsp3) is 0.462. The molecule has 0 radical (unpaired) electrons. The highest BCUT2D eigenvalue weighted by atomic mass is 35.5. The first-order chi connectivity index (χ1) is 8.67. The van der Waals surface area contributed by atoms with Crippen molar-refractivity contribution in [2.75, 3.05) is 13.6 Å². The first kappa shape index (κ1) is 17.8. The summed E-state index contributed by atoms with van der Waals surface area (Å²) in [6, 6.07) is 4.56. The van der Waals surface area contributed by atoms with Crippen LogP contribution in [0.1, 0.15) is 24.0 Å². The summed E-state index contributed by atoms with van der Waals surface area (Å²) in [4.78, 5) is 11.4. The topological polar surface area (TPSA) is 61.4 Å². The average molecular weight is 291 g/mol. The molecule has 1 rings (SSSR count). The molecule has 0 aliphatic rings. The van der Waals surface area contributed by atoms with Crippen LogP contribution in [0, 0.1) is 5.82 Å². The number of carbonyl (C=O) groups is 1. The molecule has 0 aliphatic heterocycles. The van der Waals surface area contributed by atoms with E-state index in [-0.39, 0.29) is 30.5 Å². The van der Waals surface area contributed by atoms with Crippen LogP contribution in [0.2, 0.25) is 0 Å². The van der Waals surface area contributed by atoms with Crippen LogP contribution in [0.5, 0.6) is 0 Å². The Balaban J connectivity index is 0.00000324. The van der Waals surface area contributed by atoms with Gasteiger partial charge in [-0.05, 0) is 31.6 Å². The van der Waals surface area contributed by atoms with Crippen molar-refractivity contribution in [3.63, 3.8) is 0 Å². The molecule has 0 heterocycles. The SMILES string of the molecule is CNCCCC(=O)NCc1ccc(CO)c(F)c1.Cl. The summed E-state index contributed by atoms with van der Waals surface area (Å²) in [5.41, 5.74) is 0.950. The van der Waals surface area contributed by atoms with Gasteiger partial charge in [-0.15, -0.1) is 12.4 Å². The maximum Gasteiger partial charge on any atom is 0.220 e. The molecule has 108 valence electrons. The van der Waals surface area contributed by atoms with Crippen LogP contribution in [0.25, 0.3) is 0 Å². The van der Waals surface area contributed by atoms with Gasteiger partial charge < -0.3 is 15.7 Å². The molecule has 0 unspecified atom stereocenters. The van der Waals surface area contributed by atoms with Gasteiger partial charge in [-0.1, -0.05) is 12.1 Å². The fourth-order valence-corrected chi connectivity index (χ4v) is 1.54. The Morgan fingerprint density at radius 2 is 2.16 bits per heavy atom. The second kappa shape index (κ2) is 9.72. The lowest BCUT2D eigenvalue weighted by Crippen LogP contribution is -2.23. The number of benzene rings is 1. The fourth-order valence-electron chi connectivity index (χ4n) is 1.54. The Labute approximate surface area is 118 Å². The molecule has 0 fully saturated rings. The van der Waals surface area contributed by atoms with E-state index in [9.17, 15) is 9.18 Å². The molecule has 0 saturated carbocycles. The summed E-state index contributed by atoms with van der Waals surface area (Å²) in [5.74, 6) is -0.490. The number of hydrogen-bond acceptors (Lipinski definition) is 3. The first-order valence-electron chi connectivity index (χ1n) is 5.97. The molecule has 0 aromatic heterocycles. The highest BCUT2D eigenvalue weighted by Crippen LogP contribution is 2.10. The van der Waals surface area contributed by atoms with Crippen molar-refractivity contribution >= 4 is 18.3 Å². The Morgan fingerprint density at radius 1 is 1.42 bits per heavy atom. The summed E-state index contributed by atoms with van der Waals surface area (Å²) >= 11 is 0. The van der Waals surface area contributed by atoms with Crippen molar-refractivity contribution in [1.29, 1.82) is 0 Å². The molecule has 0 spiro atoms. The van der Waals surface area contributed by atoms with Gasteiger partial charge in [0.25, 0.3) is 0 Å². The third kappa shape index (κ3) is 6.52. The predicted molar refractivity (Wildman–Crippen MR) is 74.6 cm³/mol. The quantitative estimate of drug-likeness (QED) is 0.665. The zero-order chi connectivity index (χ0) is 13.4. The Bertz CT molecular complexity index is 402. The van der Waals surface area contributed by atoms with Crippen molar-refractivity contribution in [1.82, 2.24) is 10.6 Å². The highest BCUT2D eigenvalue weighted by molar-refractivity contribution is 5.85. The Kier molecular flexibility index (Phi) is 9.12. The summed E-state index contributed by atoms with van der Waals surface area (Å²) < 4.78 is 13.3. The highest BCUT2D eigenvalue weighted by Gasteiger charge is 2.04. The van der Waals surface area contributed by atoms with E-state index in [1.807, 2.05) is 7.05 Å². The van der Waals surface area contributed by atoms with Crippen molar-refractivity contribution < 1.29 is 14.3 Å². The van der Waals surface area contributed by atoms with Gasteiger partial charge in [0.2, 0.25) is 5.91 Å². The third-order valence-electron chi connectivity index (χ3n) is 2.61. The zero-order valence-corrected chi connectivity index (χ0v) is 11.7. The summed E-state index contributed by atoms with van der Waals surface area (Å²) in [5, 5.41) is 14.5. The molecule has 3 N–H and O–H groups in total. The number of halogens is 2. The first-order valence-corrected chi connectivity index (χ1v) is 5.97. The second-order valence-corrected chi connectivity index (χ2v) is 4.07. The van der Waals surface area contributed by atoms with E-state index < -0.39 is 5.82 Å². The number of aliphatic hydroxyl groups is 1. The molecule has 19 heavy (non-hydrogen) atoms. The van der Waals surface area contributed by atoms with E-state index in [1.54, 1.807) is 6.07 Å². The van der Waals surface area contributed by atoms with E-state index >= 15 is 0 Å². The minimum atomic E-state index is -0.445. The molecule has 0 saturated heterocycles. The maximum atomic E-state index is 13.3. The lowest BCUT2D eigenvalue weighted by Gasteiger charge is -2.07. The van der Waals surface area contributed by atoms with Gasteiger partial charge >= 0.3 is 0 Å². The van der Waals surface area contributed by atoms with E-state index in [0.29, 0.717) is 18.5 Å². The molecule has 6 heteroatoms. The van der Waals surface area contributed by atoms with E-state index in [4.69, 9.17) is 5.11 Å². The van der Waals surface area contributed by atoms with Crippen LogP contribution in [-0.2, 0) is 17.9 Å². The van der Waals surface area contributed by atoms with E-state index in [1.165, 1.54) is 12.1 Å². The van der Waals surface area contributed by atoms with Gasteiger partial charge in [0.1, 0.15) is 5.82 Å². The van der Waals surface area contributed by atoms with Crippen LogP contribution in [-0.4, -0.2) is 24.6 Å². The van der Waals surface area contributed by atoms with Crippen LogP contribution in [0.3, 0.4) is 0 Å². The third-order valence-corrected chi connectivity index (χ3v) is 2.61. The van der Waals surface area contributed by atoms with Gasteiger partial charge in [-0.3, -0.25) is 4.79 Å². The number of nitrogens with one attached hydrogen (secondary N) is 2. The summed E-state index contributed by atoms with van der Waals surface area (Å²) in [7, 11) is 1.84. The zero-order valence-electron chi connectivity index (χ0n) is 10.9. The molecule has 0 bridgehead atoms. The van der Waals surface area contributed by atoms with Crippen molar-refractivity contribution in [2.24, 2.45) is 0 Å². The molecule has 1 amide bonds. The summed E-state index contributed by atoms with van der Waals surface area (Å²) in [6.45, 7) is 0.788. The Hall–Kier alpha value is -1.17. The van der Waals surface area contributed by atoms with Gasteiger partial charge in [-0.2, -0.15) is 0 Å². The molecule has 1 aromatic rings. The van der Waals surface area contributed by atoms with Crippen LogP contribution in [0.15, 0.2) is 18.2 Å². The molecule has 4 nitrogen and oxygen atoms in total. The number of amides is 1. The molecular formula is C13H20ClFN2O2. The minimum Gasteiger partial charge on any atom is -0.392 e. The van der Waals surface area contributed by atoms with Crippen LogP contribution >= 0.6 is 12.4 Å². The summed E-state index contributed by atoms with van der Waals surface area (Å²) in [6.07, 6.45) is 1.23. The molecule has 0 aliphatic carbocycles. The lowest BCUT2D eigenvalue weighted by molar-refractivity contribution is -0.121. The van der Waals surface area contributed by atoms with Crippen molar-refractivity contribution in [2.45, 2.75) is 26.0 Å². The largest absolute Gasteiger partial charge is 0.392 e. The predicted octanol–water partition coefficient (Wildman–Crippen LogP) is 1.36. The van der Waals surface area contributed by atoms with E-state index in [0.717, 1.165) is 13.0 Å². The average Bonchev–Trinajstić information content (AvgIpc) is 2.37. The van der Waals surface area contributed by atoms with Gasteiger partial charge in [0.15, 0.2) is 0 Å². The van der Waals surface area contributed by atoms with Gasteiger partial charge in [0.05, 0.1) is 6.61 Å².